The Bertz CT molecular complexity index is 333. The van der Waals surface area contributed by atoms with Gasteiger partial charge in [0.25, 0.3) is 0 Å². The number of hydrogen-bond acceptors (Lipinski definition) is 2. The fourth-order valence-electron chi connectivity index (χ4n) is 1.22. The van der Waals surface area contributed by atoms with Crippen LogP contribution in [-0.4, -0.2) is 28.1 Å². The van der Waals surface area contributed by atoms with Crippen LogP contribution in [0.15, 0.2) is 18.5 Å². The molecule has 1 unspecified atom stereocenters. The van der Waals surface area contributed by atoms with Gasteiger partial charge >= 0.3 is 5.97 Å². The predicted octanol–water partition coefficient (Wildman–Crippen LogP) is -0.233. The normalized spacial score (nSPS) is 12.1. The average Bonchev–Trinajstić information content (AvgIpc) is 2.50. The second kappa shape index (κ2) is 4.45. The summed E-state index contributed by atoms with van der Waals surface area (Å²) in [4.78, 5) is 20.8. The van der Waals surface area contributed by atoms with Gasteiger partial charge in [-0.05, 0) is 11.6 Å². The van der Waals surface area contributed by atoms with Gasteiger partial charge in [-0.3, -0.25) is 4.79 Å². The number of carbonyl (C=O) groups is 2. The lowest BCUT2D eigenvalue weighted by Crippen LogP contribution is -2.37. The van der Waals surface area contributed by atoms with Crippen LogP contribution in [0.2, 0.25) is 0 Å². The van der Waals surface area contributed by atoms with E-state index in [2.05, 4.69) is 5.32 Å². The highest BCUT2D eigenvalue weighted by Gasteiger charge is 2.16. The van der Waals surface area contributed by atoms with Gasteiger partial charge in [-0.2, -0.15) is 0 Å². The third-order valence-electron chi connectivity index (χ3n) is 1.90. The first-order chi connectivity index (χ1) is 6.63. The van der Waals surface area contributed by atoms with E-state index in [0.29, 0.717) is 12.8 Å². The molecule has 0 spiro atoms. The lowest BCUT2D eigenvalue weighted by atomic mass is 10.1. The van der Waals surface area contributed by atoms with Crippen LogP contribution in [0.1, 0.15) is 5.56 Å². The first-order valence-electron chi connectivity index (χ1n) is 4.17. The molecular formula is C9H12N2O3. The molecule has 0 saturated heterocycles. The van der Waals surface area contributed by atoms with E-state index in [-0.39, 0.29) is 0 Å². The van der Waals surface area contributed by atoms with Crippen LogP contribution in [0.4, 0.5) is 0 Å². The molecule has 0 aliphatic heterocycles. The van der Waals surface area contributed by atoms with E-state index in [4.69, 9.17) is 5.11 Å². The van der Waals surface area contributed by atoms with Crippen LogP contribution < -0.4 is 5.32 Å². The van der Waals surface area contributed by atoms with Gasteiger partial charge in [0.05, 0.1) is 0 Å². The molecule has 0 bridgehead atoms. The van der Waals surface area contributed by atoms with Gasteiger partial charge in [0, 0.05) is 25.9 Å². The maximum atomic E-state index is 10.7. The van der Waals surface area contributed by atoms with Crippen molar-refractivity contribution in [2.24, 2.45) is 7.05 Å². The van der Waals surface area contributed by atoms with Crippen molar-refractivity contribution >= 4 is 12.4 Å². The zero-order valence-corrected chi connectivity index (χ0v) is 7.80. The van der Waals surface area contributed by atoms with Gasteiger partial charge in [-0.25, -0.2) is 4.79 Å². The van der Waals surface area contributed by atoms with E-state index in [1.165, 1.54) is 0 Å². The van der Waals surface area contributed by atoms with Gasteiger partial charge in [0.2, 0.25) is 6.41 Å². The van der Waals surface area contributed by atoms with Crippen LogP contribution >= 0.6 is 0 Å². The number of carboxylic acid groups (broad SMARTS) is 1. The first kappa shape index (κ1) is 10.3. The summed E-state index contributed by atoms with van der Waals surface area (Å²) in [5.74, 6) is -1.03. The van der Waals surface area contributed by atoms with Crippen LogP contribution in [-0.2, 0) is 23.1 Å². The second-order valence-corrected chi connectivity index (χ2v) is 3.06. The lowest BCUT2D eigenvalue weighted by molar-refractivity contribution is -0.140. The molecule has 14 heavy (non-hydrogen) atoms. The molecule has 1 amide bonds. The molecule has 1 atom stereocenters. The SMILES string of the molecule is Cn1ccc(CC(NC=O)C(=O)O)c1. The van der Waals surface area contributed by atoms with Crippen molar-refractivity contribution in [3.63, 3.8) is 0 Å². The molecule has 1 aromatic rings. The first-order valence-corrected chi connectivity index (χ1v) is 4.17. The summed E-state index contributed by atoms with van der Waals surface area (Å²) in [7, 11) is 1.85. The van der Waals surface area contributed by atoms with Gasteiger partial charge in [0.1, 0.15) is 6.04 Å². The molecule has 5 heteroatoms. The number of nitrogens with one attached hydrogen (secondary N) is 1. The minimum atomic E-state index is -1.03. The Kier molecular flexibility index (Phi) is 3.28. The number of carboxylic acids is 1. The summed E-state index contributed by atoms with van der Waals surface area (Å²) in [6, 6.07) is 0.970. The van der Waals surface area contributed by atoms with E-state index in [1.54, 1.807) is 0 Å². The Balaban J connectivity index is 2.64. The van der Waals surface area contributed by atoms with Gasteiger partial charge in [-0.15, -0.1) is 0 Å². The van der Waals surface area contributed by atoms with Crippen LogP contribution in [0.25, 0.3) is 0 Å². The summed E-state index contributed by atoms with van der Waals surface area (Å²) in [5, 5.41) is 11.0. The zero-order valence-electron chi connectivity index (χ0n) is 7.80. The molecule has 76 valence electrons. The average molecular weight is 196 g/mol. The standard InChI is InChI=1S/C9H12N2O3/c1-11-3-2-7(5-11)4-8(9(13)14)10-6-12/h2-3,5-6,8H,4H2,1H3,(H,10,12)(H,13,14). The Hall–Kier alpha value is -1.78. The van der Waals surface area contributed by atoms with Crippen LogP contribution in [0.5, 0.6) is 0 Å². The van der Waals surface area contributed by atoms with Crippen LogP contribution in [0.3, 0.4) is 0 Å². The van der Waals surface area contributed by atoms with Crippen molar-refractivity contribution in [3.8, 4) is 0 Å². The molecule has 0 aliphatic rings. The number of aryl methyl sites for hydroxylation is 1. The van der Waals surface area contributed by atoms with E-state index >= 15 is 0 Å². The maximum absolute atomic E-state index is 10.7. The quantitative estimate of drug-likeness (QED) is 0.639. The van der Waals surface area contributed by atoms with E-state index in [9.17, 15) is 9.59 Å². The highest BCUT2D eigenvalue weighted by Crippen LogP contribution is 2.03. The van der Waals surface area contributed by atoms with Gasteiger partial charge in [-0.1, -0.05) is 0 Å². The smallest absolute Gasteiger partial charge is 0.326 e. The lowest BCUT2D eigenvalue weighted by Gasteiger charge is -2.09. The number of rotatable bonds is 5. The Morgan fingerprint density at radius 2 is 2.50 bits per heavy atom. The van der Waals surface area contributed by atoms with Gasteiger partial charge < -0.3 is 15.0 Å². The largest absolute Gasteiger partial charge is 0.480 e. The van der Waals surface area contributed by atoms with Gasteiger partial charge in [0.15, 0.2) is 0 Å². The van der Waals surface area contributed by atoms with Crippen molar-refractivity contribution < 1.29 is 14.7 Å². The van der Waals surface area contributed by atoms with Crippen LogP contribution in [0, 0.1) is 0 Å². The molecule has 0 aliphatic carbocycles. The van der Waals surface area contributed by atoms with E-state index in [1.807, 2.05) is 30.1 Å². The third kappa shape index (κ3) is 2.62. The number of amides is 1. The van der Waals surface area contributed by atoms with Crippen molar-refractivity contribution in [1.29, 1.82) is 0 Å². The second-order valence-electron chi connectivity index (χ2n) is 3.06. The summed E-state index contributed by atoms with van der Waals surface area (Å²) in [6.45, 7) is 0. The van der Waals surface area contributed by atoms with Crippen molar-refractivity contribution in [2.75, 3.05) is 0 Å². The van der Waals surface area contributed by atoms with E-state index in [0.717, 1.165) is 5.56 Å². The molecule has 1 rings (SSSR count). The summed E-state index contributed by atoms with van der Waals surface area (Å²) in [5.41, 5.74) is 0.884. The molecule has 1 aromatic heterocycles. The Morgan fingerprint density at radius 1 is 1.79 bits per heavy atom. The molecule has 2 N–H and O–H groups in total. The van der Waals surface area contributed by atoms with Crippen molar-refractivity contribution in [3.05, 3.63) is 24.0 Å². The molecule has 0 radical (unpaired) electrons. The van der Waals surface area contributed by atoms with Crippen molar-refractivity contribution in [1.82, 2.24) is 9.88 Å². The number of carbonyl (C=O) groups excluding carboxylic acids is 1. The highest BCUT2D eigenvalue weighted by atomic mass is 16.4. The number of hydrogen-bond donors (Lipinski definition) is 2. The molecule has 1 heterocycles. The van der Waals surface area contributed by atoms with Crippen molar-refractivity contribution in [2.45, 2.75) is 12.5 Å². The van der Waals surface area contributed by atoms with E-state index < -0.39 is 12.0 Å². The molecule has 0 aromatic carbocycles. The Labute approximate surface area is 81.3 Å². The highest BCUT2D eigenvalue weighted by molar-refractivity contribution is 5.76. The molecular weight excluding hydrogens is 184 g/mol. The summed E-state index contributed by atoms with van der Waals surface area (Å²) < 4.78 is 1.83. The fraction of sp³-hybridized carbons (Fsp3) is 0.333. The number of nitrogens with zero attached hydrogens (tertiary/aromatic N) is 1. The molecule has 0 saturated carbocycles. The number of aliphatic carboxylic acids is 1. The Morgan fingerprint density at radius 3 is 2.93 bits per heavy atom. The molecule has 5 nitrogen and oxygen atoms in total. The predicted molar refractivity (Wildman–Crippen MR) is 49.7 cm³/mol. The molecule has 0 fully saturated rings. The minimum absolute atomic E-state index is 0.301. The maximum Gasteiger partial charge on any atom is 0.326 e. The summed E-state index contributed by atoms with van der Waals surface area (Å²) >= 11 is 0. The fourth-order valence-corrected chi connectivity index (χ4v) is 1.22. The summed E-state index contributed by atoms with van der Waals surface area (Å²) in [6.07, 6.45) is 4.36. The topological polar surface area (TPSA) is 71.3 Å². The number of aromatic nitrogens is 1. The zero-order chi connectivity index (χ0) is 10.6. The third-order valence-corrected chi connectivity index (χ3v) is 1.90. The minimum Gasteiger partial charge on any atom is -0.480 e. The monoisotopic (exact) mass is 196 g/mol.